The van der Waals surface area contributed by atoms with Crippen LogP contribution in [0.4, 0.5) is 0 Å². The van der Waals surface area contributed by atoms with Crippen molar-refractivity contribution in [2.45, 2.75) is 19.9 Å². The first-order chi connectivity index (χ1) is 8.55. The Kier molecular flexibility index (Phi) is 3.35. The van der Waals surface area contributed by atoms with Crippen molar-refractivity contribution in [3.63, 3.8) is 0 Å². The molecule has 2 rings (SSSR count). The normalized spacial score (nSPS) is 23.8. The van der Waals surface area contributed by atoms with Crippen LogP contribution in [0.2, 0.25) is 0 Å². The Morgan fingerprint density at radius 2 is 2.28 bits per heavy atom. The molecule has 1 aromatic rings. The maximum absolute atomic E-state index is 11.2. The second-order valence-electron chi connectivity index (χ2n) is 5.10. The van der Waals surface area contributed by atoms with Gasteiger partial charge in [-0.25, -0.2) is 0 Å². The summed E-state index contributed by atoms with van der Waals surface area (Å²) < 4.78 is 0. The minimum absolute atomic E-state index is 0.544. The van der Waals surface area contributed by atoms with E-state index >= 15 is 0 Å². The summed E-state index contributed by atoms with van der Waals surface area (Å²) in [5, 5.41) is 18.2. The number of carbonyl (C=O) groups is 1. The summed E-state index contributed by atoms with van der Waals surface area (Å²) in [6.45, 7) is 3.74. The van der Waals surface area contributed by atoms with Gasteiger partial charge in [-0.15, -0.1) is 0 Å². The molecule has 18 heavy (non-hydrogen) atoms. The zero-order valence-corrected chi connectivity index (χ0v) is 10.4. The maximum Gasteiger partial charge on any atom is 0.310 e. The highest BCUT2D eigenvalue weighted by atomic mass is 16.4. The molecule has 1 unspecified atom stereocenters. The number of nitriles is 1. The third-order valence-electron chi connectivity index (χ3n) is 3.60. The second-order valence-corrected chi connectivity index (χ2v) is 5.10. The Morgan fingerprint density at radius 1 is 1.56 bits per heavy atom. The summed E-state index contributed by atoms with van der Waals surface area (Å²) in [5.41, 5.74) is 0.984. The molecule has 1 saturated heterocycles. The number of aliphatic carboxylic acids is 1. The number of nitrogens with zero attached hydrogens (tertiary/aromatic N) is 2. The van der Waals surface area contributed by atoms with Crippen LogP contribution in [0.25, 0.3) is 0 Å². The molecule has 0 radical (unpaired) electrons. The van der Waals surface area contributed by atoms with E-state index in [1.54, 1.807) is 13.0 Å². The van der Waals surface area contributed by atoms with E-state index in [-0.39, 0.29) is 0 Å². The fourth-order valence-electron chi connectivity index (χ4n) is 2.37. The third kappa shape index (κ3) is 2.36. The Morgan fingerprint density at radius 3 is 2.89 bits per heavy atom. The molecular formula is C14H16N2O2. The zero-order valence-electron chi connectivity index (χ0n) is 10.4. The van der Waals surface area contributed by atoms with E-state index in [2.05, 4.69) is 11.0 Å². The van der Waals surface area contributed by atoms with Crippen LogP contribution in [-0.4, -0.2) is 29.1 Å². The van der Waals surface area contributed by atoms with Crippen LogP contribution in [0, 0.1) is 16.7 Å². The van der Waals surface area contributed by atoms with Crippen LogP contribution < -0.4 is 0 Å². The molecule has 0 spiro atoms. The molecule has 0 bridgehead atoms. The number of benzene rings is 1. The van der Waals surface area contributed by atoms with E-state index in [0.717, 1.165) is 12.1 Å². The molecule has 1 aliphatic heterocycles. The highest BCUT2D eigenvalue weighted by molar-refractivity contribution is 5.74. The average Bonchev–Trinajstić information content (AvgIpc) is 2.73. The van der Waals surface area contributed by atoms with Crippen molar-refractivity contribution in [2.24, 2.45) is 5.41 Å². The van der Waals surface area contributed by atoms with Gasteiger partial charge in [-0.05, 0) is 31.5 Å². The molecule has 1 N–H and O–H groups in total. The first-order valence-corrected chi connectivity index (χ1v) is 5.99. The summed E-state index contributed by atoms with van der Waals surface area (Å²) in [6.07, 6.45) is 0.664. The van der Waals surface area contributed by atoms with Crippen LogP contribution in [0.1, 0.15) is 24.5 Å². The van der Waals surface area contributed by atoms with Gasteiger partial charge in [0.1, 0.15) is 0 Å². The molecule has 0 aliphatic carbocycles. The van der Waals surface area contributed by atoms with Crippen molar-refractivity contribution < 1.29 is 9.90 Å². The summed E-state index contributed by atoms with van der Waals surface area (Å²) >= 11 is 0. The summed E-state index contributed by atoms with van der Waals surface area (Å²) in [6, 6.07) is 9.64. The standard InChI is InChI=1S/C14H16N2O2/c1-14(13(17)18)6-7-16(10-14)9-12-5-3-2-4-11(12)8-15/h2-5H,6-7,9-10H2,1H3,(H,17,18). The molecule has 4 nitrogen and oxygen atoms in total. The minimum atomic E-state index is -0.737. The summed E-state index contributed by atoms with van der Waals surface area (Å²) in [5.74, 6) is -0.737. The molecule has 1 aliphatic rings. The van der Waals surface area contributed by atoms with E-state index in [1.165, 1.54) is 0 Å². The van der Waals surface area contributed by atoms with Crippen LogP contribution in [-0.2, 0) is 11.3 Å². The van der Waals surface area contributed by atoms with Gasteiger partial charge in [0.2, 0.25) is 0 Å². The number of hydrogen-bond acceptors (Lipinski definition) is 3. The zero-order chi connectivity index (χ0) is 13.2. The first-order valence-electron chi connectivity index (χ1n) is 5.99. The Bertz CT molecular complexity index is 507. The van der Waals surface area contributed by atoms with Crippen molar-refractivity contribution >= 4 is 5.97 Å². The van der Waals surface area contributed by atoms with Crippen LogP contribution in [0.3, 0.4) is 0 Å². The summed E-state index contributed by atoms with van der Waals surface area (Å²) in [4.78, 5) is 13.3. The Hall–Kier alpha value is -1.86. The number of rotatable bonds is 3. The van der Waals surface area contributed by atoms with Gasteiger partial charge in [0.25, 0.3) is 0 Å². The number of hydrogen-bond donors (Lipinski definition) is 1. The first kappa shape index (κ1) is 12.6. The molecule has 0 amide bonds. The largest absolute Gasteiger partial charge is 0.481 e. The number of likely N-dealkylation sites (tertiary alicyclic amines) is 1. The Balaban J connectivity index is 2.09. The lowest BCUT2D eigenvalue weighted by Gasteiger charge is -2.20. The van der Waals surface area contributed by atoms with Gasteiger partial charge in [0.15, 0.2) is 0 Å². The van der Waals surface area contributed by atoms with Crippen molar-refractivity contribution in [3.8, 4) is 6.07 Å². The van der Waals surface area contributed by atoms with E-state index in [4.69, 9.17) is 5.26 Å². The van der Waals surface area contributed by atoms with Gasteiger partial charge in [0, 0.05) is 13.1 Å². The minimum Gasteiger partial charge on any atom is -0.481 e. The fraction of sp³-hybridized carbons (Fsp3) is 0.429. The van der Waals surface area contributed by atoms with E-state index in [1.807, 2.05) is 18.2 Å². The second kappa shape index (κ2) is 4.79. The summed E-state index contributed by atoms with van der Waals surface area (Å²) in [7, 11) is 0. The SMILES string of the molecule is CC1(C(=O)O)CCN(Cc2ccccc2C#N)C1. The topological polar surface area (TPSA) is 64.3 Å². The molecule has 1 aromatic carbocycles. The lowest BCUT2D eigenvalue weighted by atomic mass is 9.90. The lowest BCUT2D eigenvalue weighted by Crippen LogP contribution is -2.31. The highest BCUT2D eigenvalue weighted by Crippen LogP contribution is 2.31. The predicted octanol–water partition coefficient (Wildman–Crippen LogP) is 1.85. The molecule has 1 fully saturated rings. The monoisotopic (exact) mass is 244 g/mol. The molecule has 0 saturated carbocycles. The number of carboxylic acids is 1. The molecule has 94 valence electrons. The molecule has 1 heterocycles. The van der Waals surface area contributed by atoms with Crippen LogP contribution in [0.5, 0.6) is 0 Å². The maximum atomic E-state index is 11.2. The van der Waals surface area contributed by atoms with E-state index in [9.17, 15) is 9.90 Å². The predicted molar refractivity (Wildman–Crippen MR) is 66.8 cm³/mol. The van der Waals surface area contributed by atoms with Crippen LogP contribution in [0.15, 0.2) is 24.3 Å². The number of carboxylic acid groups (broad SMARTS) is 1. The van der Waals surface area contributed by atoms with E-state index < -0.39 is 11.4 Å². The van der Waals surface area contributed by atoms with E-state index in [0.29, 0.717) is 25.1 Å². The van der Waals surface area contributed by atoms with Gasteiger partial charge < -0.3 is 5.11 Å². The molecule has 0 aromatic heterocycles. The Labute approximate surface area is 106 Å². The smallest absolute Gasteiger partial charge is 0.310 e. The van der Waals surface area contributed by atoms with Crippen molar-refractivity contribution in [1.82, 2.24) is 4.90 Å². The van der Waals surface area contributed by atoms with Gasteiger partial charge in [-0.3, -0.25) is 9.69 Å². The molecular weight excluding hydrogens is 228 g/mol. The lowest BCUT2D eigenvalue weighted by molar-refractivity contribution is -0.147. The van der Waals surface area contributed by atoms with Gasteiger partial charge in [0.05, 0.1) is 17.0 Å². The van der Waals surface area contributed by atoms with Crippen molar-refractivity contribution in [3.05, 3.63) is 35.4 Å². The average molecular weight is 244 g/mol. The quantitative estimate of drug-likeness (QED) is 0.881. The third-order valence-corrected chi connectivity index (χ3v) is 3.60. The van der Waals surface area contributed by atoms with Gasteiger partial charge >= 0.3 is 5.97 Å². The molecule has 1 atom stereocenters. The highest BCUT2D eigenvalue weighted by Gasteiger charge is 2.40. The van der Waals surface area contributed by atoms with Crippen molar-refractivity contribution in [1.29, 1.82) is 5.26 Å². The van der Waals surface area contributed by atoms with Gasteiger partial charge in [-0.1, -0.05) is 18.2 Å². The van der Waals surface area contributed by atoms with Gasteiger partial charge in [-0.2, -0.15) is 5.26 Å². The van der Waals surface area contributed by atoms with Crippen LogP contribution >= 0.6 is 0 Å². The van der Waals surface area contributed by atoms with Crippen molar-refractivity contribution in [2.75, 3.05) is 13.1 Å². The fourth-order valence-corrected chi connectivity index (χ4v) is 2.37. The molecule has 4 heteroatoms.